The molecule has 3 aromatic rings. The monoisotopic (exact) mass is 465 g/mol. The van der Waals surface area contributed by atoms with Crippen LogP contribution in [0, 0.1) is 5.92 Å². The van der Waals surface area contributed by atoms with Gasteiger partial charge in [0.1, 0.15) is 16.5 Å². The molecule has 0 aromatic carbocycles. The maximum atomic E-state index is 12.8. The van der Waals surface area contributed by atoms with Crippen molar-refractivity contribution in [3.8, 4) is 0 Å². The summed E-state index contributed by atoms with van der Waals surface area (Å²) in [6, 6.07) is 5.43. The van der Waals surface area contributed by atoms with Gasteiger partial charge in [0.25, 0.3) is 5.56 Å². The van der Waals surface area contributed by atoms with Gasteiger partial charge in [-0.25, -0.2) is 9.97 Å². The maximum Gasteiger partial charge on any atom is 0.259 e. The number of anilines is 1. The number of carbonyl (C=O) groups is 1. The summed E-state index contributed by atoms with van der Waals surface area (Å²) in [5, 5.41) is 3.06. The molecule has 1 atom stereocenters. The molecule has 174 valence electrons. The maximum absolute atomic E-state index is 12.8. The predicted molar refractivity (Wildman–Crippen MR) is 135 cm³/mol. The van der Waals surface area contributed by atoms with Crippen LogP contribution in [-0.2, 0) is 4.79 Å². The lowest BCUT2D eigenvalue weighted by Crippen LogP contribution is -2.38. The zero-order chi connectivity index (χ0) is 23.5. The highest BCUT2D eigenvalue weighted by Crippen LogP contribution is 2.24. The molecule has 33 heavy (non-hydrogen) atoms. The molecule has 0 spiro atoms. The Morgan fingerprint density at radius 3 is 2.82 bits per heavy atom. The lowest BCUT2D eigenvalue weighted by atomic mass is 9.94. The number of thiazole rings is 1. The quantitative estimate of drug-likeness (QED) is 0.547. The van der Waals surface area contributed by atoms with Crippen LogP contribution in [0.25, 0.3) is 17.8 Å². The highest BCUT2D eigenvalue weighted by molar-refractivity contribution is 7.10. The van der Waals surface area contributed by atoms with Crippen molar-refractivity contribution < 1.29 is 4.79 Å². The second-order valence-electron chi connectivity index (χ2n) is 9.19. The van der Waals surface area contributed by atoms with Crippen LogP contribution in [0.5, 0.6) is 0 Å². The second kappa shape index (κ2) is 9.87. The van der Waals surface area contributed by atoms with Gasteiger partial charge in [0.15, 0.2) is 0 Å². The van der Waals surface area contributed by atoms with Crippen molar-refractivity contribution in [3.05, 3.63) is 56.4 Å². The van der Waals surface area contributed by atoms with E-state index in [9.17, 15) is 9.59 Å². The molecule has 1 aliphatic rings. The van der Waals surface area contributed by atoms with E-state index in [1.54, 1.807) is 47.0 Å². The lowest BCUT2D eigenvalue weighted by Gasteiger charge is -2.33. The third kappa shape index (κ3) is 5.50. The van der Waals surface area contributed by atoms with E-state index in [-0.39, 0.29) is 17.4 Å². The van der Waals surface area contributed by atoms with Gasteiger partial charge in [-0.15, -0.1) is 11.3 Å². The number of aromatic nitrogens is 3. The Hall–Kier alpha value is -3.00. The first kappa shape index (κ1) is 23.2. The number of hydrogen-bond donors (Lipinski definition) is 0. The number of nitrogens with zero attached hydrogens (tertiary/aromatic N) is 5. The van der Waals surface area contributed by atoms with E-state index >= 15 is 0 Å². The third-order valence-corrected chi connectivity index (χ3v) is 6.86. The van der Waals surface area contributed by atoms with Gasteiger partial charge in [0.05, 0.1) is 5.69 Å². The first-order valence-electron chi connectivity index (χ1n) is 11.4. The molecule has 1 aliphatic heterocycles. The zero-order valence-corrected chi connectivity index (χ0v) is 20.5. The number of rotatable bonds is 6. The number of hydrogen-bond acceptors (Lipinski definition) is 6. The average molecular weight is 466 g/mol. The Morgan fingerprint density at radius 1 is 1.27 bits per heavy atom. The topological polar surface area (TPSA) is 70.8 Å². The molecule has 1 amide bonds. The second-order valence-corrected chi connectivity index (χ2v) is 10.1. The van der Waals surface area contributed by atoms with E-state index in [2.05, 4.69) is 29.1 Å². The fourth-order valence-corrected chi connectivity index (χ4v) is 4.92. The Balaban J connectivity index is 1.55. The van der Waals surface area contributed by atoms with Crippen molar-refractivity contribution in [2.45, 2.75) is 39.0 Å². The van der Waals surface area contributed by atoms with Crippen LogP contribution in [0.2, 0.25) is 0 Å². The molecular formula is C25H31N5O2S. The Bertz CT molecular complexity index is 1230. The van der Waals surface area contributed by atoms with E-state index in [1.165, 1.54) is 0 Å². The molecule has 0 saturated carbocycles. The molecular weight excluding hydrogens is 434 g/mol. The molecule has 4 rings (SSSR count). The molecule has 4 heterocycles. The average Bonchev–Trinajstić information content (AvgIpc) is 3.27. The van der Waals surface area contributed by atoms with Gasteiger partial charge >= 0.3 is 0 Å². The van der Waals surface area contributed by atoms with E-state index in [0.29, 0.717) is 23.8 Å². The van der Waals surface area contributed by atoms with Gasteiger partial charge in [-0.05, 0) is 48.4 Å². The summed E-state index contributed by atoms with van der Waals surface area (Å²) in [6.07, 6.45) is 8.31. The SMILES string of the molecule is CC(C)c1csc(/C=C/c2ccn3c(=O)cc(N4CCCC(CC(=O)N(C)C)C4)nc3c2)n1. The molecule has 3 aromatic heterocycles. The standard InChI is InChI=1S/C25H31N5O2S/c1-17(2)20-16-33-23(26-20)8-7-18-9-11-30-22(12-18)27-21(14-25(30)32)29-10-5-6-19(15-29)13-24(31)28(3)4/h7-9,11-12,14,16-17,19H,5-6,10,13,15H2,1-4H3/b8-7+. The van der Waals surface area contributed by atoms with Gasteiger partial charge in [0, 0.05) is 51.2 Å². The summed E-state index contributed by atoms with van der Waals surface area (Å²) >= 11 is 1.63. The van der Waals surface area contributed by atoms with E-state index < -0.39 is 0 Å². The Kier molecular flexibility index (Phi) is 6.93. The number of amides is 1. The van der Waals surface area contributed by atoms with Crippen LogP contribution in [0.1, 0.15) is 55.3 Å². The van der Waals surface area contributed by atoms with Crippen LogP contribution in [0.4, 0.5) is 5.82 Å². The molecule has 0 bridgehead atoms. The molecule has 0 radical (unpaired) electrons. The van der Waals surface area contributed by atoms with Crippen LogP contribution in [0.15, 0.2) is 34.6 Å². The minimum atomic E-state index is -0.0986. The first-order valence-corrected chi connectivity index (χ1v) is 12.3. The van der Waals surface area contributed by atoms with Crippen molar-refractivity contribution in [3.63, 3.8) is 0 Å². The van der Waals surface area contributed by atoms with Gasteiger partial charge in [-0.2, -0.15) is 0 Å². The zero-order valence-electron chi connectivity index (χ0n) is 19.7. The molecule has 8 heteroatoms. The summed E-state index contributed by atoms with van der Waals surface area (Å²) in [6.45, 7) is 5.86. The largest absolute Gasteiger partial charge is 0.356 e. The minimum Gasteiger partial charge on any atom is -0.356 e. The smallest absolute Gasteiger partial charge is 0.259 e. The lowest BCUT2D eigenvalue weighted by molar-refractivity contribution is -0.129. The molecule has 1 saturated heterocycles. The summed E-state index contributed by atoms with van der Waals surface area (Å²) < 4.78 is 1.57. The predicted octanol–water partition coefficient (Wildman–Crippen LogP) is 4.14. The van der Waals surface area contributed by atoms with E-state index in [4.69, 9.17) is 4.98 Å². The number of pyridine rings is 1. The molecule has 1 fully saturated rings. The molecule has 1 unspecified atom stereocenters. The highest BCUT2D eigenvalue weighted by Gasteiger charge is 2.24. The Morgan fingerprint density at radius 2 is 2.09 bits per heavy atom. The first-order chi connectivity index (χ1) is 15.8. The van der Waals surface area contributed by atoms with Gasteiger partial charge < -0.3 is 9.80 Å². The summed E-state index contributed by atoms with van der Waals surface area (Å²) in [5.74, 6) is 1.52. The molecule has 0 aliphatic carbocycles. The van der Waals surface area contributed by atoms with Crippen molar-refractivity contribution in [1.29, 1.82) is 0 Å². The Labute approximate surface area is 198 Å². The molecule has 7 nitrogen and oxygen atoms in total. The summed E-state index contributed by atoms with van der Waals surface area (Å²) in [5.41, 5.74) is 2.59. The number of piperidine rings is 1. The molecule has 0 N–H and O–H groups in total. The van der Waals surface area contributed by atoms with Crippen molar-refractivity contribution in [1.82, 2.24) is 19.3 Å². The van der Waals surface area contributed by atoms with Crippen molar-refractivity contribution >= 4 is 40.9 Å². The van der Waals surface area contributed by atoms with Crippen LogP contribution >= 0.6 is 11.3 Å². The number of fused-ring (bicyclic) bond motifs is 1. The van der Waals surface area contributed by atoms with Crippen LogP contribution in [-0.4, -0.2) is 52.4 Å². The van der Waals surface area contributed by atoms with Crippen LogP contribution < -0.4 is 10.5 Å². The van der Waals surface area contributed by atoms with E-state index in [1.807, 2.05) is 24.3 Å². The van der Waals surface area contributed by atoms with Gasteiger partial charge in [0.2, 0.25) is 5.91 Å². The fourth-order valence-electron chi connectivity index (χ4n) is 4.05. The summed E-state index contributed by atoms with van der Waals surface area (Å²) in [7, 11) is 3.58. The van der Waals surface area contributed by atoms with Crippen molar-refractivity contribution in [2.75, 3.05) is 32.1 Å². The highest BCUT2D eigenvalue weighted by atomic mass is 32.1. The van der Waals surface area contributed by atoms with Gasteiger partial charge in [-0.1, -0.05) is 19.9 Å². The summed E-state index contributed by atoms with van der Waals surface area (Å²) in [4.78, 5) is 38.1. The minimum absolute atomic E-state index is 0.0986. The van der Waals surface area contributed by atoms with Crippen LogP contribution in [0.3, 0.4) is 0 Å². The van der Waals surface area contributed by atoms with E-state index in [0.717, 1.165) is 42.2 Å². The number of carbonyl (C=O) groups excluding carboxylic acids is 1. The third-order valence-electron chi connectivity index (χ3n) is 6.03. The normalized spacial score (nSPS) is 16.8. The fraction of sp³-hybridized carbons (Fsp3) is 0.440. The van der Waals surface area contributed by atoms with Gasteiger partial charge in [-0.3, -0.25) is 14.0 Å². The van der Waals surface area contributed by atoms with Crippen molar-refractivity contribution in [2.24, 2.45) is 5.92 Å².